The summed E-state index contributed by atoms with van der Waals surface area (Å²) < 4.78 is 13.1. The molecule has 0 fully saturated rings. The Morgan fingerprint density at radius 3 is 2.70 bits per heavy atom. The van der Waals surface area contributed by atoms with Gasteiger partial charge in [0.1, 0.15) is 5.82 Å². The summed E-state index contributed by atoms with van der Waals surface area (Å²) in [5.41, 5.74) is 6.00. The van der Waals surface area contributed by atoms with E-state index in [2.05, 4.69) is 15.8 Å². The van der Waals surface area contributed by atoms with Gasteiger partial charge in [0.2, 0.25) is 0 Å². The van der Waals surface area contributed by atoms with Gasteiger partial charge in [0, 0.05) is 23.3 Å². The minimum absolute atomic E-state index is 0.304. The average molecular weight is 292 g/mol. The minimum atomic E-state index is -0.304. The Hall–Kier alpha value is -2.07. The van der Waals surface area contributed by atoms with Crippen LogP contribution < -0.4 is 10.7 Å². The van der Waals surface area contributed by atoms with E-state index in [1.54, 1.807) is 12.1 Å². The van der Waals surface area contributed by atoms with Gasteiger partial charge in [-0.2, -0.15) is 5.10 Å². The van der Waals surface area contributed by atoms with Crippen molar-refractivity contribution in [2.75, 3.05) is 17.8 Å². The number of nitrogens with one attached hydrogen (secondary N) is 2. The smallest absolute Gasteiger partial charge is 0.125 e. The lowest BCUT2D eigenvalue weighted by Gasteiger charge is -2.10. The lowest BCUT2D eigenvalue weighted by atomic mass is 10.1. The van der Waals surface area contributed by atoms with Gasteiger partial charge in [-0.3, -0.25) is 5.43 Å². The quantitative estimate of drug-likeness (QED) is 0.649. The highest BCUT2D eigenvalue weighted by molar-refractivity contribution is 6.31. The predicted molar refractivity (Wildman–Crippen MR) is 83.2 cm³/mol. The highest BCUT2D eigenvalue weighted by atomic mass is 35.5. The molecule has 0 amide bonds. The van der Waals surface area contributed by atoms with Crippen molar-refractivity contribution in [2.45, 2.75) is 6.92 Å². The Bertz CT molecular complexity index is 641. The first-order chi connectivity index (χ1) is 9.60. The molecule has 0 saturated carbocycles. The van der Waals surface area contributed by atoms with E-state index in [1.165, 1.54) is 12.1 Å². The second kappa shape index (κ2) is 6.39. The summed E-state index contributed by atoms with van der Waals surface area (Å²) in [5.74, 6) is -0.304. The first-order valence-electron chi connectivity index (χ1n) is 6.13. The molecule has 0 atom stereocenters. The maximum atomic E-state index is 13.1. The van der Waals surface area contributed by atoms with Gasteiger partial charge in [-0.15, -0.1) is 0 Å². The highest BCUT2D eigenvalue weighted by Crippen LogP contribution is 2.21. The van der Waals surface area contributed by atoms with Crippen LogP contribution in [0.2, 0.25) is 5.02 Å². The summed E-state index contributed by atoms with van der Waals surface area (Å²) in [5, 5.41) is 7.98. The molecular weight excluding hydrogens is 277 g/mol. The van der Waals surface area contributed by atoms with Crippen LogP contribution in [0.5, 0.6) is 0 Å². The monoisotopic (exact) mass is 291 g/mol. The summed E-state index contributed by atoms with van der Waals surface area (Å²) in [4.78, 5) is 0. The molecule has 20 heavy (non-hydrogen) atoms. The number of rotatable bonds is 4. The molecular formula is C15H15ClFN3. The molecule has 2 rings (SSSR count). The lowest BCUT2D eigenvalue weighted by Crippen LogP contribution is -2.04. The minimum Gasteiger partial charge on any atom is -0.388 e. The molecule has 2 N–H and O–H groups in total. The van der Waals surface area contributed by atoms with Crippen LogP contribution in [0.25, 0.3) is 0 Å². The van der Waals surface area contributed by atoms with Crippen molar-refractivity contribution in [3.63, 3.8) is 0 Å². The number of nitrogens with zero attached hydrogens (tertiary/aromatic N) is 1. The number of halogens is 2. The van der Waals surface area contributed by atoms with Gasteiger partial charge >= 0.3 is 0 Å². The third kappa shape index (κ3) is 3.48. The van der Waals surface area contributed by atoms with Crippen LogP contribution in [0.15, 0.2) is 47.6 Å². The van der Waals surface area contributed by atoms with Crippen LogP contribution >= 0.6 is 11.6 Å². The van der Waals surface area contributed by atoms with E-state index in [0.29, 0.717) is 10.7 Å². The first kappa shape index (κ1) is 14.3. The average Bonchev–Trinajstić information content (AvgIpc) is 2.45. The standard InChI is InChI=1S/C15H15ClFN3/c1-10(14-8-11(16)6-7-15(14)18-2)19-20-13-5-3-4-12(17)9-13/h3-9,18,20H,1-2H3/b19-10+. The summed E-state index contributed by atoms with van der Waals surface area (Å²) >= 11 is 6.00. The number of benzene rings is 2. The largest absolute Gasteiger partial charge is 0.388 e. The zero-order valence-corrected chi connectivity index (χ0v) is 12.0. The molecule has 0 heterocycles. The number of hydrazone groups is 1. The van der Waals surface area contributed by atoms with E-state index in [4.69, 9.17) is 11.6 Å². The molecule has 0 radical (unpaired) electrons. The fourth-order valence-corrected chi connectivity index (χ4v) is 1.97. The fourth-order valence-electron chi connectivity index (χ4n) is 1.80. The van der Waals surface area contributed by atoms with Crippen LogP contribution in [0.4, 0.5) is 15.8 Å². The molecule has 0 aromatic heterocycles. The van der Waals surface area contributed by atoms with Crippen LogP contribution in [-0.2, 0) is 0 Å². The molecule has 0 saturated heterocycles. The van der Waals surface area contributed by atoms with Crippen LogP contribution in [0.3, 0.4) is 0 Å². The molecule has 0 bridgehead atoms. The van der Waals surface area contributed by atoms with Crippen molar-refractivity contribution >= 4 is 28.7 Å². The van der Waals surface area contributed by atoms with Gasteiger partial charge in [0.05, 0.1) is 11.4 Å². The van der Waals surface area contributed by atoms with E-state index in [0.717, 1.165) is 17.0 Å². The van der Waals surface area contributed by atoms with Gasteiger partial charge in [-0.1, -0.05) is 17.7 Å². The molecule has 5 heteroatoms. The fraction of sp³-hybridized carbons (Fsp3) is 0.133. The molecule has 2 aromatic rings. The number of hydrogen-bond donors (Lipinski definition) is 2. The summed E-state index contributed by atoms with van der Waals surface area (Å²) in [6, 6.07) is 11.7. The SMILES string of the molecule is CNc1ccc(Cl)cc1/C(C)=N/Nc1cccc(F)c1. The summed E-state index contributed by atoms with van der Waals surface area (Å²) in [6.07, 6.45) is 0. The van der Waals surface area contributed by atoms with E-state index >= 15 is 0 Å². The maximum Gasteiger partial charge on any atom is 0.125 e. The number of hydrogen-bond acceptors (Lipinski definition) is 3. The molecule has 0 aliphatic rings. The normalized spacial score (nSPS) is 11.3. The van der Waals surface area contributed by atoms with E-state index < -0.39 is 0 Å². The van der Waals surface area contributed by atoms with Crippen molar-refractivity contribution in [1.29, 1.82) is 0 Å². The van der Waals surface area contributed by atoms with Crippen molar-refractivity contribution in [3.05, 3.63) is 58.9 Å². The second-order valence-electron chi connectivity index (χ2n) is 4.26. The topological polar surface area (TPSA) is 36.4 Å². The van der Waals surface area contributed by atoms with E-state index in [-0.39, 0.29) is 5.82 Å². The van der Waals surface area contributed by atoms with E-state index in [1.807, 2.05) is 32.2 Å². The number of anilines is 2. The van der Waals surface area contributed by atoms with E-state index in [9.17, 15) is 4.39 Å². The van der Waals surface area contributed by atoms with Crippen molar-refractivity contribution in [2.24, 2.45) is 5.10 Å². The van der Waals surface area contributed by atoms with Gasteiger partial charge in [-0.25, -0.2) is 4.39 Å². The molecule has 104 valence electrons. The highest BCUT2D eigenvalue weighted by Gasteiger charge is 2.05. The van der Waals surface area contributed by atoms with Crippen molar-refractivity contribution in [1.82, 2.24) is 0 Å². The Labute approximate surface area is 122 Å². The van der Waals surface area contributed by atoms with Crippen molar-refractivity contribution < 1.29 is 4.39 Å². The zero-order chi connectivity index (χ0) is 14.5. The third-order valence-electron chi connectivity index (χ3n) is 2.82. The van der Waals surface area contributed by atoms with Crippen LogP contribution in [0, 0.1) is 5.82 Å². The van der Waals surface area contributed by atoms with Gasteiger partial charge in [-0.05, 0) is 43.3 Å². The zero-order valence-electron chi connectivity index (χ0n) is 11.2. The van der Waals surface area contributed by atoms with Gasteiger partial charge in [0.15, 0.2) is 0 Å². The molecule has 0 unspecified atom stereocenters. The molecule has 0 spiro atoms. The van der Waals surface area contributed by atoms with Crippen LogP contribution in [0.1, 0.15) is 12.5 Å². The lowest BCUT2D eigenvalue weighted by molar-refractivity contribution is 0.628. The maximum absolute atomic E-state index is 13.1. The Morgan fingerprint density at radius 1 is 1.20 bits per heavy atom. The predicted octanol–water partition coefficient (Wildman–Crippen LogP) is 4.36. The summed E-state index contributed by atoms with van der Waals surface area (Å²) in [7, 11) is 1.83. The summed E-state index contributed by atoms with van der Waals surface area (Å²) in [6.45, 7) is 1.86. The molecule has 0 aliphatic heterocycles. The third-order valence-corrected chi connectivity index (χ3v) is 3.05. The second-order valence-corrected chi connectivity index (χ2v) is 4.70. The molecule has 0 aliphatic carbocycles. The van der Waals surface area contributed by atoms with Crippen molar-refractivity contribution in [3.8, 4) is 0 Å². The molecule has 2 aromatic carbocycles. The Balaban J connectivity index is 2.24. The van der Waals surface area contributed by atoms with Gasteiger partial charge in [0.25, 0.3) is 0 Å². The Morgan fingerprint density at radius 2 is 2.00 bits per heavy atom. The first-order valence-corrected chi connectivity index (χ1v) is 6.51. The van der Waals surface area contributed by atoms with Gasteiger partial charge < -0.3 is 5.32 Å². The molecule has 3 nitrogen and oxygen atoms in total. The van der Waals surface area contributed by atoms with Crippen LogP contribution in [-0.4, -0.2) is 12.8 Å². The Kier molecular flexibility index (Phi) is 4.58.